The van der Waals surface area contributed by atoms with E-state index in [-0.39, 0.29) is 12.1 Å². The number of amides is 1. The van der Waals surface area contributed by atoms with E-state index < -0.39 is 23.8 Å². The van der Waals surface area contributed by atoms with E-state index in [1.807, 2.05) is 0 Å². The highest BCUT2D eigenvalue weighted by Gasteiger charge is 2.20. The Balaban J connectivity index is 1.96. The molecule has 138 valence electrons. The first-order chi connectivity index (χ1) is 12.4. The van der Waals surface area contributed by atoms with Crippen LogP contribution in [0.4, 0.5) is 10.1 Å². The molecule has 0 spiro atoms. The Labute approximate surface area is 150 Å². The molecule has 0 heterocycles. The van der Waals surface area contributed by atoms with Crippen molar-refractivity contribution in [3.8, 4) is 11.5 Å². The van der Waals surface area contributed by atoms with Gasteiger partial charge in [-0.2, -0.15) is 0 Å². The van der Waals surface area contributed by atoms with Crippen molar-refractivity contribution in [1.29, 1.82) is 0 Å². The maximum Gasteiger partial charge on any atom is 0.311 e. The summed E-state index contributed by atoms with van der Waals surface area (Å²) in [6.07, 6.45) is -1.16. The predicted molar refractivity (Wildman–Crippen MR) is 93.8 cm³/mol. The molecule has 0 saturated heterocycles. The fourth-order valence-corrected chi connectivity index (χ4v) is 2.24. The lowest BCUT2D eigenvalue weighted by Crippen LogP contribution is -2.30. The third-order valence-corrected chi connectivity index (χ3v) is 3.64. The molecule has 2 rings (SSSR count). The van der Waals surface area contributed by atoms with Crippen molar-refractivity contribution >= 4 is 17.6 Å². The van der Waals surface area contributed by atoms with Gasteiger partial charge in [0, 0.05) is 11.6 Å². The second-order valence-electron chi connectivity index (χ2n) is 5.46. The number of hydrogen-bond donors (Lipinski definition) is 1. The van der Waals surface area contributed by atoms with E-state index >= 15 is 0 Å². The van der Waals surface area contributed by atoms with Crippen molar-refractivity contribution in [3.05, 3.63) is 53.8 Å². The number of carbonyl (C=O) groups excluding carboxylic acids is 2. The molecule has 6 nitrogen and oxygen atoms in total. The molecule has 0 radical (unpaired) electrons. The van der Waals surface area contributed by atoms with Crippen LogP contribution in [0.1, 0.15) is 12.5 Å². The van der Waals surface area contributed by atoms with Crippen LogP contribution in [0.5, 0.6) is 11.5 Å². The summed E-state index contributed by atoms with van der Waals surface area (Å²) in [5.41, 5.74) is 0.622. The van der Waals surface area contributed by atoms with E-state index in [9.17, 15) is 14.0 Å². The molecule has 1 amide bonds. The standard InChI is InChI=1S/C19H20FNO5/c1-12(19(23)21-16-7-5-4-6-15(16)20)26-18(22)10-13-8-9-14(24-2)11-17(13)25-3/h4-9,11-12H,10H2,1-3H3,(H,21,23). The fourth-order valence-electron chi connectivity index (χ4n) is 2.24. The number of esters is 1. The molecule has 26 heavy (non-hydrogen) atoms. The van der Waals surface area contributed by atoms with Crippen molar-refractivity contribution in [2.75, 3.05) is 19.5 Å². The lowest BCUT2D eigenvalue weighted by Gasteiger charge is -2.15. The van der Waals surface area contributed by atoms with E-state index in [1.54, 1.807) is 24.3 Å². The van der Waals surface area contributed by atoms with Crippen molar-refractivity contribution < 1.29 is 28.2 Å². The highest BCUT2D eigenvalue weighted by molar-refractivity contribution is 5.95. The second-order valence-corrected chi connectivity index (χ2v) is 5.46. The average Bonchev–Trinajstić information content (AvgIpc) is 2.63. The zero-order valence-electron chi connectivity index (χ0n) is 14.7. The predicted octanol–water partition coefficient (Wildman–Crippen LogP) is 2.96. The van der Waals surface area contributed by atoms with Gasteiger partial charge >= 0.3 is 5.97 Å². The van der Waals surface area contributed by atoms with E-state index in [0.717, 1.165) is 0 Å². The number of halogens is 1. The van der Waals surface area contributed by atoms with Gasteiger partial charge in [-0.25, -0.2) is 4.39 Å². The van der Waals surface area contributed by atoms with E-state index in [0.29, 0.717) is 17.1 Å². The molecule has 0 fully saturated rings. The van der Waals surface area contributed by atoms with Crippen LogP contribution in [0.25, 0.3) is 0 Å². The quantitative estimate of drug-likeness (QED) is 0.768. The van der Waals surface area contributed by atoms with Crippen LogP contribution in [0.2, 0.25) is 0 Å². The van der Waals surface area contributed by atoms with Gasteiger partial charge in [0.1, 0.15) is 17.3 Å². The molecule has 0 aromatic heterocycles. The van der Waals surface area contributed by atoms with Crippen LogP contribution in [0.3, 0.4) is 0 Å². The normalized spacial score (nSPS) is 11.4. The van der Waals surface area contributed by atoms with Gasteiger partial charge in [-0.05, 0) is 25.1 Å². The summed E-state index contributed by atoms with van der Waals surface area (Å²) >= 11 is 0. The second kappa shape index (κ2) is 8.84. The summed E-state index contributed by atoms with van der Waals surface area (Å²) in [7, 11) is 3.01. The van der Waals surface area contributed by atoms with Gasteiger partial charge in [0.25, 0.3) is 5.91 Å². The molecule has 2 aromatic rings. The Bertz CT molecular complexity index is 793. The Morgan fingerprint density at radius 1 is 1.12 bits per heavy atom. The maximum absolute atomic E-state index is 13.6. The summed E-state index contributed by atoms with van der Waals surface area (Å²) in [5.74, 6) is -0.724. The third kappa shape index (κ3) is 4.95. The van der Waals surface area contributed by atoms with Gasteiger partial charge in [0.05, 0.1) is 26.3 Å². The molecular weight excluding hydrogens is 341 g/mol. The van der Waals surface area contributed by atoms with Gasteiger partial charge in [0.2, 0.25) is 0 Å². The summed E-state index contributed by atoms with van der Waals surface area (Å²) in [6.45, 7) is 1.42. The molecule has 1 N–H and O–H groups in total. The van der Waals surface area contributed by atoms with E-state index in [1.165, 1.54) is 39.3 Å². The van der Waals surface area contributed by atoms with Gasteiger partial charge < -0.3 is 19.5 Å². The Morgan fingerprint density at radius 3 is 2.50 bits per heavy atom. The first-order valence-electron chi connectivity index (χ1n) is 7.90. The summed E-state index contributed by atoms with van der Waals surface area (Å²) in [5, 5.41) is 2.38. The number of hydrogen-bond acceptors (Lipinski definition) is 5. The molecule has 0 saturated carbocycles. The van der Waals surface area contributed by atoms with Crippen molar-refractivity contribution in [2.24, 2.45) is 0 Å². The molecule has 7 heteroatoms. The van der Waals surface area contributed by atoms with Gasteiger partial charge in [0.15, 0.2) is 6.10 Å². The first kappa shape index (κ1) is 19.2. The van der Waals surface area contributed by atoms with Gasteiger partial charge in [-0.1, -0.05) is 18.2 Å². The molecule has 2 aromatic carbocycles. The Hall–Kier alpha value is -3.09. The highest BCUT2D eigenvalue weighted by Crippen LogP contribution is 2.25. The molecule has 0 aliphatic rings. The number of benzene rings is 2. The lowest BCUT2D eigenvalue weighted by atomic mass is 10.1. The van der Waals surface area contributed by atoms with E-state index in [4.69, 9.17) is 14.2 Å². The minimum atomic E-state index is -1.08. The van der Waals surface area contributed by atoms with Crippen LogP contribution in [0.15, 0.2) is 42.5 Å². The number of para-hydroxylation sites is 1. The molecule has 1 atom stereocenters. The largest absolute Gasteiger partial charge is 0.497 e. The monoisotopic (exact) mass is 361 g/mol. The van der Waals surface area contributed by atoms with Crippen molar-refractivity contribution in [2.45, 2.75) is 19.4 Å². The number of carbonyl (C=O) groups is 2. The minimum absolute atomic E-state index is 0.0252. The van der Waals surface area contributed by atoms with Crippen molar-refractivity contribution in [3.63, 3.8) is 0 Å². The lowest BCUT2D eigenvalue weighted by molar-refractivity contribution is -0.152. The van der Waals surface area contributed by atoms with Crippen LogP contribution in [0, 0.1) is 5.82 Å². The van der Waals surface area contributed by atoms with Crippen molar-refractivity contribution in [1.82, 2.24) is 0 Å². The molecule has 1 unspecified atom stereocenters. The molecule has 0 bridgehead atoms. The van der Waals surface area contributed by atoms with Gasteiger partial charge in [-0.3, -0.25) is 9.59 Å². The number of anilines is 1. The zero-order valence-corrected chi connectivity index (χ0v) is 14.7. The highest BCUT2D eigenvalue weighted by atomic mass is 19.1. The first-order valence-corrected chi connectivity index (χ1v) is 7.90. The minimum Gasteiger partial charge on any atom is -0.497 e. The number of ether oxygens (including phenoxy) is 3. The molecule has 0 aliphatic heterocycles. The molecule has 0 aliphatic carbocycles. The van der Waals surface area contributed by atoms with Gasteiger partial charge in [-0.15, -0.1) is 0 Å². The smallest absolute Gasteiger partial charge is 0.311 e. The van der Waals surface area contributed by atoms with Crippen LogP contribution in [-0.4, -0.2) is 32.2 Å². The summed E-state index contributed by atoms with van der Waals surface area (Å²) in [4.78, 5) is 24.2. The average molecular weight is 361 g/mol. The fraction of sp³-hybridized carbons (Fsp3) is 0.263. The Kier molecular flexibility index (Phi) is 6.54. The molecular formula is C19H20FNO5. The number of rotatable bonds is 7. The summed E-state index contributed by atoms with van der Waals surface area (Å²) in [6, 6.07) is 10.8. The SMILES string of the molecule is COc1ccc(CC(=O)OC(C)C(=O)Nc2ccccc2F)c(OC)c1. The number of nitrogens with one attached hydrogen (secondary N) is 1. The maximum atomic E-state index is 13.6. The topological polar surface area (TPSA) is 73.9 Å². The Morgan fingerprint density at radius 2 is 1.85 bits per heavy atom. The van der Waals surface area contributed by atoms with Crippen LogP contribution < -0.4 is 14.8 Å². The third-order valence-electron chi connectivity index (χ3n) is 3.64. The zero-order chi connectivity index (χ0) is 19.1. The summed E-state index contributed by atoms with van der Waals surface area (Å²) < 4.78 is 29.0. The van der Waals surface area contributed by atoms with E-state index in [2.05, 4.69) is 5.32 Å². The van der Waals surface area contributed by atoms with Crippen LogP contribution >= 0.6 is 0 Å². The number of methoxy groups -OCH3 is 2. The van der Waals surface area contributed by atoms with Crippen LogP contribution in [-0.2, 0) is 20.7 Å².